The van der Waals surface area contributed by atoms with Crippen LogP contribution in [0.15, 0.2) is 29.4 Å². The number of rotatable bonds is 4. The van der Waals surface area contributed by atoms with Crippen molar-refractivity contribution in [3.05, 3.63) is 29.3 Å². The van der Waals surface area contributed by atoms with E-state index in [0.29, 0.717) is 10.9 Å². The molecular formula is C18H23ClN4OS. The van der Waals surface area contributed by atoms with Gasteiger partial charge < -0.3 is 9.47 Å². The Hall–Kier alpha value is -1.53. The van der Waals surface area contributed by atoms with E-state index in [1.54, 1.807) is 0 Å². The standard InChI is InChI=1S/C18H23ClN4OS/c1-12-8-10-23(11-9-12)17(24)13(2)25-18-21-20-16(22(18)3)14-4-6-15(19)7-5-14/h4-7,12-13H,8-11H2,1-3H3/t13-/m1/s1. The molecule has 25 heavy (non-hydrogen) atoms. The summed E-state index contributed by atoms with van der Waals surface area (Å²) in [6.07, 6.45) is 2.18. The summed E-state index contributed by atoms with van der Waals surface area (Å²) < 4.78 is 1.93. The van der Waals surface area contributed by atoms with Crippen LogP contribution in [0.25, 0.3) is 11.4 Å². The molecule has 0 aliphatic carbocycles. The number of thioether (sulfide) groups is 1. The van der Waals surface area contributed by atoms with Crippen LogP contribution in [0.3, 0.4) is 0 Å². The smallest absolute Gasteiger partial charge is 0.235 e. The number of hydrogen-bond acceptors (Lipinski definition) is 4. The van der Waals surface area contributed by atoms with Gasteiger partial charge in [-0.3, -0.25) is 4.79 Å². The van der Waals surface area contributed by atoms with E-state index in [9.17, 15) is 4.79 Å². The number of amides is 1. The van der Waals surface area contributed by atoms with Crippen LogP contribution in [-0.4, -0.2) is 43.9 Å². The molecule has 1 fully saturated rings. The van der Waals surface area contributed by atoms with Gasteiger partial charge >= 0.3 is 0 Å². The predicted octanol–water partition coefficient (Wildman–Crippen LogP) is 3.87. The predicted molar refractivity (Wildman–Crippen MR) is 102 cm³/mol. The first-order valence-corrected chi connectivity index (χ1v) is 9.82. The van der Waals surface area contributed by atoms with E-state index in [0.717, 1.165) is 42.5 Å². The second kappa shape index (κ2) is 7.79. The van der Waals surface area contributed by atoms with Crippen LogP contribution >= 0.6 is 23.4 Å². The fourth-order valence-corrected chi connectivity index (χ4v) is 3.99. The summed E-state index contributed by atoms with van der Waals surface area (Å²) >= 11 is 7.40. The van der Waals surface area contributed by atoms with Gasteiger partial charge in [-0.25, -0.2) is 0 Å². The van der Waals surface area contributed by atoms with Crippen LogP contribution in [-0.2, 0) is 11.8 Å². The monoisotopic (exact) mass is 378 g/mol. The molecular weight excluding hydrogens is 356 g/mol. The number of piperidine rings is 1. The van der Waals surface area contributed by atoms with Gasteiger partial charge in [0.25, 0.3) is 0 Å². The number of aromatic nitrogens is 3. The average molecular weight is 379 g/mol. The van der Waals surface area contributed by atoms with Gasteiger partial charge in [0.15, 0.2) is 11.0 Å². The van der Waals surface area contributed by atoms with E-state index in [1.165, 1.54) is 11.8 Å². The van der Waals surface area contributed by atoms with Crippen molar-refractivity contribution >= 4 is 29.3 Å². The van der Waals surface area contributed by atoms with Gasteiger partial charge in [0, 0.05) is 30.7 Å². The molecule has 1 aromatic heterocycles. The fraction of sp³-hybridized carbons (Fsp3) is 0.500. The molecule has 1 saturated heterocycles. The van der Waals surface area contributed by atoms with Gasteiger partial charge in [0.05, 0.1) is 5.25 Å². The molecule has 2 aromatic rings. The Bertz CT molecular complexity index is 738. The number of benzene rings is 1. The molecule has 1 atom stereocenters. The highest BCUT2D eigenvalue weighted by molar-refractivity contribution is 8.00. The highest BCUT2D eigenvalue weighted by atomic mass is 35.5. The molecule has 0 N–H and O–H groups in total. The molecule has 0 spiro atoms. The van der Waals surface area contributed by atoms with Gasteiger partial charge in [-0.1, -0.05) is 30.3 Å². The van der Waals surface area contributed by atoms with Crippen LogP contribution in [0.4, 0.5) is 0 Å². The second-order valence-electron chi connectivity index (χ2n) is 6.64. The van der Waals surface area contributed by atoms with Gasteiger partial charge in [-0.05, 0) is 49.9 Å². The number of nitrogens with zero attached hydrogens (tertiary/aromatic N) is 4. The Labute approximate surface area is 157 Å². The van der Waals surface area contributed by atoms with E-state index in [1.807, 2.05) is 47.7 Å². The Balaban J connectivity index is 1.68. The lowest BCUT2D eigenvalue weighted by Crippen LogP contribution is -2.41. The molecule has 5 nitrogen and oxygen atoms in total. The molecule has 3 rings (SSSR count). The van der Waals surface area contributed by atoms with Gasteiger partial charge in [-0.15, -0.1) is 10.2 Å². The third kappa shape index (κ3) is 4.18. The zero-order valence-electron chi connectivity index (χ0n) is 14.8. The molecule has 134 valence electrons. The number of likely N-dealkylation sites (tertiary alicyclic amines) is 1. The van der Waals surface area contributed by atoms with Crippen molar-refractivity contribution in [1.82, 2.24) is 19.7 Å². The Morgan fingerprint density at radius 3 is 2.52 bits per heavy atom. The molecule has 0 saturated carbocycles. The molecule has 0 bridgehead atoms. The lowest BCUT2D eigenvalue weighted by molar-refractivity contribution is -0.131. The number of carbonyl (C=O) groups excluding carboxylic acids is 1. The Morgan fingerprint density at radius 2 is 1.88 bits per heavy atom. The number of carbonyl (C=O) groups is 1. The zero-order valence-corrected chi connectivity index (χ0v) is 16.3. The average Bonchev–Trinajstić information content (AvgIpc) is 2.96. The van der Waals surface area contributed by atoms with Crippen LogP contribution in [0.5, 0.6) is 0 Å². The van der Waals surface area contributed by atoms with Crippen molar-refractivity contribution in [2.24, 2.45) is 13.0 Å². The van der Waals surface area contributed by atoms with E-state index in [-0.39, 0.29) is 11.2 Å². The summed E-state index contributed by atoms with van der Waals surface area (Å²) in [5.74, 6) is 1.67. The summed E-state index contributed by atoms with van der Waals surface area (Å²) in [5.41, 5.74) is 0.954. The summed E-state index contributed by atoms with van der Waals surface area (Å²) in [7, 11) is 1.92. The van der Waals surface area contributed by atoms with Crippen molar-refractivity contribution in [2.75, 3.05) is 13.1 Å². The van der Waals surface area contributed by atoms with Gasteiger partial charge in [0.1, 0.15) is 0 Å². The first kappa shape index (κ1) is 18.3. The Kier molecular flexibility index (Phi) is 5.69. The highest BCUT2D eigenvalue weighted by Gasteiger charge is 2.26. The fourth-order valence-electron chi connectivity index (χ4n) is 2.96. The zero-order chi connectivity index (χ0) is 18.0. The molecule has 1 aliphatic heterocycles. The summed E-state index contributed by atoms with van der Waals surface area (Å²) in [5, 5.41) is 9.81. The minimum absolute atomic E-state index is 0.172. The van der Waals surface area contributed by atoms with Crippen molar-refractivity contribution < 1.29 is 4.79 Å². The van der Waals surface area contributed by atoms with Crippen molar-refractivity contribution in [3.63, 3.8) is 0 Å². The maximum Gasteiger partial charge on any atom is 0.235 e. The lowest BCUT2D eigenvalue weighted by atomic mass is 9.99. The topological polar surface area (TPSA) is 51.0 Å². The summed E-state index contributed by atoms with van der Waals surface area (Å²) in [6.45, 7) is 5.92. The second-order valence-corrected chi connectivity index (χ2v) is 8.38. The van der Waals surface area contributed by atoms with E-state index >= 15 is 0 Å². The molecule has 0 radical (unpaired) electrons. The lowest BCUT2D eigenvalue weighted by Gasteiger charge is -2.31. The third-order valence-corrected chi connectivity index (χ3v) is 6.04. The summed E-state index contributed by atoms with van der Waals surface area (Å²) in [4.78, 5) is 14.6. The van der Waals surface area contributed by atoms with E-state index in [2.05, 4.69) is 17.1 Å². The maximum atomic E-state index is 12.7. The number of hydrogen-bond donors (Lipinski definition) is 0. The van der Waals surface area contributed by atoms with Crippen LogP contribution in [0.1, 0.15) is 26.7 Å². The quantitative estimate of drug-likeness (QED) is 0.757. The minimum Gasteiger partial charge on any atom is -0.342 e. The first-order valence-electron chi connectivity index (χ1n) is 8.56. The Morgan fingerprint density at radius 1 is 1.24 bits per heavy atom. The normalized spacial score (nSPS) is 16.9. The minimum atomic E-state index is -0.172. The van der Waals surface area contributed by atoms with Crippen molar-refractivity contribution in [2.45, 2.75) is 37.1 Å². The molecule has 1 aromatic carbocycles. The van der Waals surface area contributed by atoms with E-state index in [4.69, 9.17) is 11.6 Å². The SMILES string of the molecule is CC1CCN(C(=O)[C@@H](C)Sc2nnc(-c3ccc(Cl)cc3)n2C)CC1. The molecule has 7 heteroatoms. The molecule has 0 unspecified atom stereocenters. The summed E-state index contributed by atoms with van der Waals surface area (Å²) in [6, 6.07) is 7.51. The third-order valence-electron chi connectivity index (χ3n) is 4.66. The van der Waals surface area contributed by atoms with Gasteiger partial charge in [0.2, 0.25) is 5.91 Å². The highest BCUT2D eigenvalue weighted by Crippen LogP contribution is 2.28. The van der Waals surface area contributed by atoms with Crippen LogP contribution in [0.2, 0.25) is 5.02 Å². The molecule has 1 amide bonds. The molecule has 1 aliphatic rings. The van der Waals surface area contributed by atoms with Crippen molar-refractivity contribution in [3.8, 4) is 11.4 Å². The van der Waals surface area contributed by atoms with Crippen molar-refractivity contribution in [1.29, 1.82) is 0 Å². The first-order chi connectivity index (χ1) is 12.0. The molecule has 2 heterocycles. The largest absolute Gasteiger partial charge is 0.342 e. The maximum absolute atomic E-state index is 12.7. The van der Waals surface area contributed by atoms with Crippen LogP contribution < -0.4 is 0 Å². The van der Waals surface area contributed by atoms with Crippen LogP contribution in [0, 0.1) is 5.92 Å². The number of halogens is 1. The van der Waals surface area contributed by atoms with Gasteiger partial charge in [-0.2, -0.15) is 0 Å². The van der Waals surface area contributed by atoms with E-state index < -0.39 is 0 Å².